The highest BCUT2D eigenvalue weighted by molar-refractivity contribution is 5.84. The van der Waals surface area contributed by atoms with Crippen molar-refractivity contribution in [3.05, 3.63) is 103 Å². The molecule has 3 heterocycles. The molecule has 0 aliphatic carbocycles. The van der Waals surface area contributed by atoms with Gasteiger partial charge >= 0.3 is 0 Å². The third kappa shape index (κ3) is 3.67. The molecule has 0 aliphatic rings. The third-order valence-electron chi connectivity index (χ3n) is 5.57. The van der Waals surface area contributed by atoms with Crippen molar-refractivity contribution in [2.75, 3.05) is 0 Å². The van der Waals surface area contributed by atoms with Crippen molar-refractivity contribution in [3.63, 3.8) is 0 Å². The topological polar surface area (TPSA) is 93.9 Å². The van der Waals surface area contributed by atoms with E-state index in [1.807, 2.05) is 83.5 Å². The van der Waals surface area contributed by atoms with Crippen LogP contribution in [0, 0.1) is 0 Å². The van der Waals surface area contributed by atoms with Gasteiger partial charge in [-0.05, 0) is 40.6 Å². The molecular formula is C26H19N7O. The molecule has 8 heteroatoms. The molecule has 0 saturated carbocycles. The predicted molar refractivity (Wildman–Crippen MR) is 128 cm³/mol. The number of nitrogens with one attached hydrogen (secondary N) is 1. The van der Waals surface area contributed by atoms with E-state index in [-0.39, 0.29) is 0 Å². The van der Waals surface area contributed by atoms with E-state index in [1.54, 1.807) is 6.20 Å². The van der Waals surface area contributed by atoms with Crippen molar-refractivity contribution in [3.8, 4) is 39.5 Å². The van der Waals surface area contributed by atoms with Gasteiger partial charge < -0.3 is 4.74 Å². The molecule has 6 rings (SSSR count). The van der Waals surface area contributed by atoms with Crippen LogP contribution in [0.25, 0.3) is 39.4 Å². The molecule has 8 nitrogen and oxygen atoms in total. The van der Waals surface area contributed by atoms with Crippen molar-refractivity contribution in [1.82, 2.24) is 35.2 Å². The number of nitrogens with zero attached hydrogens (tertiary/aromatic N) is 6. The maximum Gasteiger partial charge on any atom is 0.210 e. The molecule has 0 radical (unpaired) electrons. The Bertz CT molecular complexity index is 1530. The van der Waals surface area contributed by atoms with E-state index < -0.39 is 0 Å². The van der Waals surface area contributed by atoms with Gasteiger partial charge in [-0.1, -0.05) is 60.7 Å². The Labute approximate surface area is 194 Å². The van der Waals surface area contributed by atoms with Crippen LogP contribution in [0.3, 0.4) is 0 Å². The lowest BCUT2D eigenvalue weighted by Crippen LogP contribution is -2.00. The van der Waals surface area contributed by atoms with E-state index in [0.717, 1.165) is 33.7 Å². The molecular weight excluding hydrogens is 426 g/mol. The predicted octanol–water partition coefficient (Wildman–Crippen LogP) is 4.82. The van der Waals surface area contributed by atoms with Crippen LogP contribution in [-0.4, -0.2) is 35.2 Å². The molecule has 164 valence electrons. The molecule has 3 aromatic heterocycles. The molecule has 1 N–H and O–H groups in total. The van der Waals surface area contributed by atoms with Gasteiger partial charge in [0.2, 0.25) is 5.82 Å². The molecule has 0 bridgehead atoms. The second-order valence-corrected chi connectivity index (χ2v) is 7.71. The Kier molecular flexibility index (Phi) is 5.00. The highest BCUT2D eigenvalue weighted by Gasteiger charge is 2.19. The lowest BCUT2D eigenvalue weighted by atomic mass is 10.0. The normalized spacial score (nSPS) is 11.1. The zero-order valence-corrected chi connectivity index (χ0v) is 18.0. The molecule has 0 saturated heterocycles. The minimum atomic E-state index is 0.450. The number of tetrazole rings is 1. The summed E-state index contributed by atoms with van der Waals surface area (Å²) in [6.07, 6.45) is 3.58. The number of aromatic amines is 1. The Morgan fingerprint density at radius 1 is 0.765 bits per heavy atom. The summed E-state index contributed by atoms with van der Waals surface area (Å²) in [4.78, 5) is 4.69. The van der Waals surface area contributed by atoms with Crippen LogP contribution in [0.1, 0.15) is 5.56 Å². The highest BCUT2D eigenvalue weighted by Crippen LogP contribution is 2.34. The van der Waals surface area contributed by atoms with Gasteiger partial charge in [0.05, 0.1) is 17.5 Å². The van der Waals surface area contributed by atoms with Crippen molar-refractivity contribution in [2.45, 2.75) is 6.61 Å². The first-order valence-electron chi connectivity index (χ1n) is 10.8. The molecule has 0 aliphatic heterocycles. The highest BCUT2D eigenvalue weighted by atomic mass is 16.5. The monoisotopic (exact) mass is 445 g/mol. The molecule has 0 amide bonds. The van der Waals surface area contributed by atoms with Crippen LogP contribution in [0.5, 0.6) is 5.75 Å². The van der Waals surface area contributed by atoms with Crippen LogP contribution >= 0.6 is 0 Å². The summed E-state index contributed by atoms with van der Waals surface area (Å²) in [7, 11) is 0. The van der Waals surface area contributed by atoms with E-state index in [4.69, 9.17) is 9.72 Å². The van der Waals surface area contributed by atoms with Gasteiger partial charge in [-0.2, -0.15) is 10.3 Å². The first-order valence-corrected chi connectivity index (χ1v) is 10.8. The largest absolute Gasteiger partial charge is 0.489 e. The van der Waals surface area contributed by atoms with Crippen molar-refractivity contribution >= 4 is 5.65 Å². The van der Waals surface area contributed by atoms with E-state index in [9.17, 15) is 0 Å². The van der Waals surface area contributed by atoms with Crippen molar-refractivity contribution in [2.24, 2.45) is 0 Å². The van der Waals surface area contributed by atoms with E-state index in [2.05, 4.69) is 37.9 Å². The number of hydrogen-bond acceptors (Lipinski definition) is 6. The van der Waals surface area contributed by atoms with Gasteiger partial charge in [-0.15, -0.1) is 10.2 Å². The summed E-state index contributed by atoms with van der Waals surface area (Å²) >= 11 is 0. The van der Waals surface area contributed by atoms with E-state index in [0.29, 0.717) is 23.6 Å². The third-order valence-corrected chi connectivity index (χ3v) is 5.57. The first kappa shape index (κ1) is 19.8. The van der Waals surface area contributed by atoms with Crippen LogP contribution < -0.4 is 4.74 Å². The number of aromatic nitrogens is 7. The van der Waals surface area contributed by atoms with Gasteiger partial charge in [0.1, 0.15) is 12.4 Å². The minimum Gasteiger partial charge on any atom is -0.489 e. The molecule has 3 aromatic carbocycles. The second kappa shape index (κ2) is 8.59. The average molecular weight is 445 g/mol. The molecule has 0 fully saturated rings. The minimum absolute atomic E-state index is 0.450. The molecule has 0 unspecified atom stereocenters. The maximum atomic E-state index is 5.98. The number of ether oxygens (including phenoxy) is 1. The van der Waals surface area contributed by atoms with Gasteiger partial charge in [0, 0.05) is 17.3 Å². The van der Waals surface area contributed by atoms with Crippen LogP contribution in [0.4, 0.5) is 0 Å². The summed E-state index contributed by atoms with van der Waals surface area (Å²) in [6, 6.07) is 28.3. The summed E-state index contributed by atoms with van der Waals surface area (Å²) in [6.45, 7) is 0.516. The quantitative estimate of drug-likeness (QED) is 0.395. The molecule has 0 atom stereocenters. The summed E-state index contributed by atoms with van der Waals surface area (Å²) < 4.78 is 7.80. The fraction of sp³-hybridized carbons (Fsp3) is 0.0385. The lowest BCUT2D eigenvalue weighted by molar-refractivity contribution is 0.306. The number of H-pyrrole nitrogens is 1. The fourth-order valence-corrected chi connectivity index (χ4v) is 3.92. The number of benzene rings is 3. The van der Waals surface area contributed by atoms with Gasteiger partial charge in [-0.3, -0.25) is 0 Å². The number of rotatable bonds is 6. The van der Waals surface area contributed by atoms with Crippen molar-refractivity contribution < 1.29 is 4.74 Å². The standard InChI is InChI=1S/C26H19N7O/c1-3-7-18(8-4-1)17-34-21-13-11-20(12-14-21)24-22(19-9-5-2-6-10-19)15-27-26-23(16-28-33(24)26)25-29-31-32-30-25/h1-16H,17H2,(H,29,30,31,32). The van der Waals surface area contributed by atoms with Gasteiger partial charge in [0.15, 0.2) is 5.65 Å². The average Bonchev–Trinajstić information content (AvgIpc) is 3.58. The molecule has 34 heavy (non-hydrogen) atoms. The summed E-state index contributed by atoms with van der Waals surface area (Å²) in [5.74, 6) is 1.25. The summed E-state index contributed by atoms with van der Waals surface area (Å²) in [5.41, 5.74) is 6.40. The Balaban J connectivity index is 1.43. The van der Waals surface area contributed by atoms with Crippen molar-refractivity contribution in [1.29, 1.82) is 0 Å². The zero-order valence-electron chi connectivity index (χ0n) is 18.0. The molecule has 6 aromatic rings. The first-order chi connectivity index (χ1) is 16.9. The molecule has 0 spiro atoms. The fourth-order valence-electron chi connectivity index (χ4n) is 3.92. The lowest BCUT2D eigenvalue weighted by Gasteiger charge is -2.13. The van der Waals surface area contributed by atoms with Gasteiger partial charge in [0.25, 0.3) is 0 Å². The van der Waals surface area contributed by atoms with Crippen LogP contribution in [0.15, 0.2) is 97.3 Å². The Morgan fingerprint density at radius 2 is 1.53 bits per heavy atom. The smallest absolute Gasteiger partial charge is 0.210 e. The SMILES string of the molecule is c1ccc(COc2ccc(-c3c(-c4ccccc4)cnc4c(-c5nn[nH]n5)cnn34)cc2)cc1. The maximum absolute atomic E-state index is 5.98. The van der Waals surface area contributed by atoms with Crippen LogP contribution in [0.2, 0.25) is 0 Å². The van der Waals surface area contributed by atoms with E-state index in [1.165, 1.54) is 0 Å². The Hall–Kier alpha value is -4.85. The Morgan fingerprint density at radius 3 is 2.26 bits per heavy atom. The second-order valence-electron chi connectivity index (χ2n) is 7.71. The van der Waals surface area contributed by atoms with Gasteiger partial charge in [-0.25, -0.2) is 9.50 Å². The number of fused-ring (bicyclic) bond motifs is 1. The van der Waals surface area contributed by atoms with Crippen LogP contribution in [-0.2, 0) is 6.61 Å². The number of hydrogen-bond donors (Lipinski definition) is 1. The van der Waals surface area contributed by atoms with E-state index >= 15 is 0 Å². The zero-order chi connectivity index (χ0) is 22.7. The summed E-state index contributed by atoms with van der Waals surface area (Å²) in [5, 5.41) is 19.0.